The van der Waals surface area contributed by atoms with Gasteiger partial charge < -0.3 is 10.2 Å². The molecule has 214 valence electrons. The van der Waals surface area contributed by atoms with Crippen LogP contribution in [0.15, 0.2) is 77.7 Å². The van der Waals surface area contributed by atoms with E-state index in [0.717, 1.165) is 4.31 Å². The summed E-state index contributed by atoms with van der Waals surface area (Å²) in [6, 6.07) is 19.0. The molecule has 0 aliphatic rings. The monoisotopic (exact) mass is 603 g/mol. The molecule has 3 aromatic carbocycles. The molecule has 0 aliphatic heterocycles. The highest BCUT2D eigenvalue weighted by Gasteiger charge is 2.34. The van der Waals surface area contributed by atoms with Gasteiger partial charge >= 0.3 is 0 Å². The molecule has 0 saturated carbocycles. The van der Waals surface area contributed by atoms with Gasteiger partial charge in [-0.2, -0.15) is 0 Å². The Balaban J connectivity index is 2.07. The number of hydrogen-bond acceptors (Lipinski definition) is 4. The number of anilines is 1. The number of amides is 2. The number of sulfonamides is 1. The Morgan fingerprint density at radius 3 is 2.15 bits per heavy atom. The van der Waals surface area contributed by atoms with Crippen molar-refractivity contribution in [3.63, 3.8) is 0 Å². The van der Waals surface area contributed by atoms with Crippen molar-refractivity contribution in [2.45, 2.75) is 51.6 Å². The van der Waals surface area contributed by atoms with E-state index >= 15 is 0 Å². The molecule has 0 fully saturated rings. The van der Waals surface area contributed by atoms with Gasteiger partial charge in [-0.3, -0.25) is 13.9 Å². The molecule has 3 rings (SSSR count). The Kier molecular flexibility index (Phi) is 11.0. The van der Waals surface area contributed by atoms with Crippen molar-refractivity contribution in [2.75, 3.05) is 17.4 Å². The van der Waals surface area contributed by atoms with E-state index in [1.807, 2.05) is 20.8 Å². The molecule has 0 spiro atoms. The third kappa shape index (κ3) is 7.77. The predicted octanol–water partition coefficient (Wildman–Crippen LogP) is 6.08. The fourth-order valence-electron chi connectivity index (χ4n) is 4.24. The molecule has 0 radical (unpaired) electrons. The van der Waals surface area contributed by atoms with Crippen LogP contribution in [0.5, 0.6) is 0 Å². The second-order valence-electron chi connectivity index (χ2n) is 9.93. The van der Waals surface area contributed by atoms with Crippen molar-refractivity contribution in [1.82, 2.24) is 10.2 Å². The Morgan fingerprint density at radius 1 is 0.925 bits per heavy atom. The summed E-state index contributed by atoms with van der Waals surface area (Å²) in [6.07, 6.45) is 0.328. The SMILES string of the molecule is CCC(C(=O)NCC(C)C)N(Cc1ccccc1Cl)C(=O)CN(c1ccccc1C)S(=O)(=O)c1ccc(Cl)cc1. The third-order valence-corrected chi connectivity index (χ3v) is 8.83. The van der Waals surface area contributed by atoms with Crippen LogP contribution in [0.2, 0.25) is 10.0 Å². The maximum atomic E-state index is 14.1. The number of carbonyl (C=O) groups is 2. The van der Waals surface area contributed by atoms with Gasteiger partial charge in [0.15, 0.2) is 0 Å². The smallest absolute Gasteiger partial charge is 0.264 e. The van der Waals surface area contributed by atoms with Crippen LogP contribution in [0, 0.1) is 12.8 Å². The summed E-state index contributed by atoms with van der Waals surface area (Å²) >= 11 is 12.4. The van der Waals surface area contributed by atoms with Gasteiger partial charge in [0, 0.05) is 23.1 Å². The van der Waals surface area contributed by atoms with Crippen LogP contribution >= 0.6 is 23.2 Å². The molecular formula is C30H35Cl2N3O4S. The number of nitrogens with one attached hydrogen (secondary N) is 1. The second-order valence-corrected chi connectivity index (χ2v) is 12.6. The number of nitrogens with zero attached hydrogens (tertiary/aromatic N) is 2. The normalized spacial score (nSPS) is 12.2. The molecule has 0 saturated heterocycles. The van der Waals surface area contributed by atoms with Gasteiger partial charge in [-0.05, 0) is 66.8 Å². The van der Waals surface area contributed by atoms with Crippen LogP contribution in [0.1, 0.15) is 38.3 Å². The van der Waals surface area contributed by atoms with Crippen molar-refractivity contribution < 1.29 is 18.0 Å². The van der Waals surface area contributed by atoms with E-state index in [1.165, 1.54) is 29.2 Å². The minimum absolute atomic E-state index is 0.00711. The van der Waals surface area contributed by atoms with Crippen molar-refractivity contribution in [1.29, 1.82) is 0 Å². The number of carbonyl (C=O) groups excluding carboxylic acids is 2. The fourth-order valence-corrected chi connectivity index (χ4v) is 6.04. The van der Waals surface area contributed by atoms with Gasteiger partial charge in [0.25, 0.3) is 10.0 Å². The highest BCUT2D eigenvalue weighted by atomic mass is 35.5. The number of halogens is 2. The van der Waals surface area contributed by atoms with E-state index in [1.54, 1.807) is 55.5 Å². The first kappa shape index (κ1) is 31.5. The zero-order valence-corrected chi connectivity index (χ0v) is 25.4. The van der Waals surface area contributed by atoms with E-state index in [9.17, 15) is 18.0 Å². The molecule has 1 atom stereocenters. The first-order valence-electron chi connectivity index (χ1n) is 13.1. The quantitative estimate of drug-likeness (QED) is 0.272. The Morgan fingerprint density at radius 2 is 1.55 bits per heavy atom. The molecule has 40 heavy (non-hydrogen) atoms. The maximum absolute atomic E-state index is 14.1. The van der Waals surface area contributed by atoms with Crippen molar-refractivity contribution in [2.24, 2.45) is 5.92 Å². The summed E-state index contributed by atoms with van der Waals surface area (Å²) in [5.41, 5.74) is 1.68. The van der Waals surface area contributed by atoms with Gasteiger partial charge in [0.05, 0.1) is 10.6 Å². The Hall–Kier alpha value is -3.07. The van der Waals surface area contributed by atoms with Crippen molar-refractivity contribution in [3.8, 4) is 0 Å². The molecule has 0 heterocycles. The summed E-state index contributed by atoms with van der Waals surface area (Å²) < 4.78 is 28.9. The van der Waals surface area contributed by atoms with Crippen molar-refractivity contribution in [3.05, 3.63) is 94.0 Å². The molecule has 2 amide bonds. The first-order chi connectivity index (χ1) is 18.9. The van der Waals surface area contributed by atoms with Gasteiger partial charge in [0.2, 0.25) is 11.8 Å². The minimum Gasteiger partial charge on any atom is -0.354 e. The zero-order chi connectivity index (χ0) is 29.4. The van der Waals surface area contributed by atoms with Crippen LogP contribution in [-0.4, -0.2) is 44.3 Å². The fraction of sp³-hybridized carbons (Fsp3) is 0.333. The molecule has 1 N–H and O–H groups in total. The van der Waals surface area contributed by atoms with E-state index in [-0.39, 0.29) is 23.3 Å². The van der Waals surface area contributed by atoms with Crippen molar-refractivity contribution >= 4 is 50.7 Å². The topological polar surface area (TPSA) is 86.8 Å². The lowest BCUT2D eigenvalue weighted by Crippen LogP contribution is -2.52. The lowest BCUT2D eigenvalue weighted by Gasteiger charge is -2.34. The van der Waals surface area contributed by atoms with Gasteiger partial charge in [-0.15, -0.1) is 0 Å². The highest BCUT2D eigenvalue weighted by Crippen LogP contribution is 2.28. The number of rotatable bonds is 12. The molecule has 0 bridgehead atoms. The number of aryl methyl sites for hydroxylation is 1. The van der Waals surface area contributed by atoms with E-state index < -0.39 is 28.5 Å². The minimum atomic E-state index is -4.18. The number of para-hydroxylation sites is 1. The lowest BCUT2D eigenvalue weighted by atomic mass is 10.1. The number of hydrogen-bond donors (Lipinski definition) is 1. The Labute approximate surface area is 247 Å². The largest absolute Gasteiger partial charge is 0.354 e. The molecule has 3 aromatic rings. The molecule has 1 unspecified atom stereocenters. The van der Waals surface area contributed by atoms with Gasteiger partial charge in [0.1, 0.15) is 12.6 Å². The van der Waals surface area contributed by atoms with E-state index in [2.05, 4.69) is 5.32 Å². The lowest BCUT2D eigenvalue weighted by molar-refractivity contribution is -0.140. The summed E-state index contributed by atoms with van der Waals surface area (Å²) in [6.45, 7) is 7.52. The predicted molar refractivity (Wildman–Crippen MR) is 161 cm³/mol. The first-order valence-corrected chi connectivity index (χ1v) is 15.3. The van der Waals surface area contributed by atoms with Crippen LogP contribution in [0.25, 0.3) is 0 Å². The summed E-state index contributed by atoms with van der Waals surface area (Å²) in [5.74, 6) is -0.623. The molecule has 10 heteroatoms. The zero-order valence-electron chi connectivity index (χ0n) is 23.1. The maximum Gasteiger partial charge on any atom is 0.264 e. The second kappa shape index (κ2) is 14.0. The molecule has 0 aliphatic carbocycles. The number of benzene rings is 3. The highest BCUT2D eigenvalue weighted by molar-refractivity contribution is 7.92. The molecule has 7 nitrogen and oxygen atoms in total. The summed E-state index contributed by atoms with van der Waals surface area (Å²) in [5, 5.41) is 3.75. The molecular weight excluding hydrogens is 569 g/mol. The average molecular weight is 605 g/mol. The summed E-state index contributed by atoms with van der Waals surface area (Å²) in [4.78, 5) is 28.8. The van der Waals surface area contributed by atoms with Crippen LogP contribution in [0.4, 0.5) is 5.69 Å². The average Bonchev–Trinajstić information content (AvgIpc) is 2.92. The van der Waals surface area contributed by atoms with Crippen LogP contribution in [0.3, 0.4) is 0 Å². The van der Waals surface area contributed by atoms with Gasteiger partial charge in [-0.25, -0.2) is 8.42 Å². The van der Waals surface area contributed by atoms with Gasteiger partial charge in [-0.1, -0.05) is 80.4 Å². The molecule has 0 aromatic heterocycles. The van der Waals surface area contributed by atoms with E-state index in [4.69, 9.17) is 23.2 Å². The van der Waals surface area contributed by atoms with Crippen LogP contribution in [-0.2, 0) is 26.2 Å². The van der Waals surface area contributed by atoms with E-state index in [0.29, 0.717) is 39.8 Å². The third-order valence-electron chi connectivity index (χ3n) is 6.43. The van der Waals surface area contributed by atoms with Crippen LogP contribution < -0.4 is 9.62 Å². The standard InChI is InChI=1S/C30H35Cl2N3O4S/c1-5-27(30(37)33-18-21(2)3)34(19-23-11-7-8-12-26(23)32)29(36)20-35(28-13-9-6-10-22(28)4)40(38,39)25-16-14-24(31)15-17-25/h6-17,21,27H,5,18-20H2,1-4H3,(H,33,37). The Bertz CT molecular complexity index is 1430. The summed E-state index contributed by atoms with van der Waals surface area (Å²) in [7, 11) is -4.18.